The molecular formula is C33H57O20+. The molecule has 4 heterocycles. The van der Waals surface area contributed by atoms with Gasteiger partial charge in [-0.05, 0) is 32.1 Å². The number of hydrogen-bond donors (Lipinski definition) is 13. The number of rotatable bonds is 10. The van der Waals surface area contributed by atoms with Crippen molar-refractivity contribution in [3.63, 3.8) is 0 Å². The first-order valence-electron chi connectivity index (χ1n) is 18.5. The molecule has 0 spiro atoms. The zero-order valence-electron chi connectivity index (χ0n) is 29.1. The predicted molar refractivity (Wildman–Crippen MR) is 171 cm³/mol. The van der Waals surface area contributed by atoms with Crippen molar-refractivity contribution in [1.82, 2.24) is 0 Å². The number of aliphatic hydroxyl groups is 15. The lowest BCUT2D eigenvalue weighted by Gasteiger charge is -2.50. The molecule has 0 bridgehead atoms. The van der Waals surface area contributed by atoms with Crippen LogP contribution in [0.2, 0.25) is 0 Å². The third kappa shape index (κ3) is 8.87. The van der Waals surface area contributed by atoms with E-state index < -0.39 is 154 Å². The molecule has 6 rings (SSSR count). The monoisotopic (exact) mass is 773 g/mol. The van der Waals surface area contributed by atoms with Gasteiger partial charge in [-0.3, -0.25) is 0 Å². The lowest BCUT2D eigenvalue weighted by atomic mass is 9.73. The maximum atomic E-state index is 11.1. The van der Waals surface area contributed by atoms with Gasteiger partial charge in [0.25, 0.3) is 0 Å². The van der Waals surface area contributed by atoms with Crippen molar-refractivity contribution >= 4 is 0 Å². The molecule has 6 aliphatic rings. The third-order valence-corrected chi connectivity index (χ3v) is 11.9. The zero-order valence-corrected chi connectivity index (χ0v) is 29.1. The van der Waals surface area contributed by atoms with Gasteiger partial charge in [-0.25, -0.2) is 0 Å². The van der Waals surface area contributed by atoms with Crippen LogP contribution in [0.4, 0.5) is 0 Å². The van der Waals surface area contributed by atoms with Gasteiger partial charge in [0.2, 0.25) is 0 Å². The van der Waals surface area contributed by atoms with Crippen molar-refractivity contribution in [2.24, 2.45) is 11.8 Å². The summed E-state index contributed by atoms with van der Waals surface area (Å²) in [5.41, 5.74) is 0. The third-order valence-electron chi connectivity index (χ3n) is 11.9. The van der Waals surface area contributed by atoms with Crippen LogP contribution in [0.5, 0.6) is 0 Å². The second-order valence-corrected chi connectivity index (χ2v) is 15.4. The summed E-state index contributed by atoms with van der Waals surface area (Å²) in [5.74, 6) is -0.544. The van der Waals surface area contributed by atoms with E-state index in [4.69, 9.17) is 33.2 Å². The van der Waals surface area contributed by atoms with Crippen LogP contribution in [0, 0.1) is 11.8 Å². The van der Waals surface area contributed by atoms with Crippen LogP contribution in [-0.4, -0.2) is 220 Å². The van der Waals surface area contributed by atoms with Gasteiger partial charge in [-0.15, -0.1) is 0 Å². The van der Waals surface area contributed by atoms with Crippen molar-refractivity contribution < 1.29 is 99.5 Å². The summed E-state index contributed by atoms with van der Waals surface area (Å²) in [6.07, 6.45) is -24.8. The molecule has 0 aromatic carbocycles. The molecule has 6 fully saturated rings. The number of hydrogen-bond acceptors (Lipinski definition) is 19. The standard InChI is InChI=1S/C33H56O20/c34-8-18-21(38)24(41)27(44)31(51-18)47-10-20-23(40)26(43)29(46)33(53-20)50-17-7-14-15(48-30(17)11-1-3-12(36)4-2-11)5-13(37)6-16(14)49-32-28(45)25(42)22(39)19(9-35)52-32/h11-46H,1-10H2/p+1. The van der Waals surface area contributed by atoms with E-state index in [1.807, 2.05) is 0 Å². The minimum absolute atomic E-state index is 0.0743. The molecule has 4 saturated heterocycles. The van der Waals surface area contributed by atoms with E-state index in [1.165, 1.54) is 0 Å². The molecule has 0 aromatic rings. The molecule has 53 heavy (non-hydrogen) atoms. The molecule has 0 aromatic heterocycles. The highest BCUT2D eigenvalue weighted by atomic mass is 16.7. The molecular weight excluding hydrogens is 716 g/mol. The summed E-state index contributed by atoms with van der Waals surface area (Å²) in [6, 6.07) is 0. The SMILES string of the molecule is OCC1OC(OCC2OC(OC3CC4C(OC5OC(CO)C(O)C(O)C5O)CC(O)CC4[OH+]C3C3CCC(O)CC3)C(O)C(O)C2O)C(O)C(O)C1O. The van der Waals surface area contributed by atoms with Gasteiger partial charge in [-0.1, -0.05) is 0 Å². The second kappa shape index (κ2) is 17.8. The van der Waals surface area contributed by atoms with Crippen molar-refractivity contribution in [2.75, 3.05) is 19.8 Å². The lowest BCUT2D eigenvalue weighted by Crippen LogP contribution is -2.64. The molecule has 0 radical (unpaired) electrons. The Morgan fingerprint density at radius 2 is 0.981 bits per heavy atom. The normalized spacial score (nSPS) is 53.9. The highest BCUT2D eigenvalue weighted by Gasteiger charge is 2.56. The largest absolute Gasteiger partial charge is 0.427 e. The molecule has 21 unspecified atom stereocenters. The quantitative estimate of drug-likeness (QED) is 0.0918. The molecule has 14 N–H and O–H groups in total. The van der Waals surface area contributed by atoms with Crippen LogP contribution < -0.4 is 0 Å². The van der Waals surface area contributed by atoms with Crippen LogP contribution in [-0.2, 0) is 28.4 Å². The lowest BCUT2D eigenvalue weighted by molar-refractivity contribution is -0.370. The Bertz CT molecular complexity index is 1140. The first-order valence-corrected chi connectivity index (χ1v) is 18.5. The van der Waals surface area contributed by atoms with E-state index in [1.54, 1.807) is 0 Å². The molecule has 20 nitrogen and oxygen atoms in total. The van der Waals surface area contributed by atoms with E-state index in [0.717, 1.165) is 0 Å². The molecule has 2 aliphatic carbocycles. The summed E-state index contributed by atoms with van der Waals surface area (Å²) in [7, 11) is 0. The van der Waals surface area contributed by atoms with Crippen molar-refractivity contribution in [2.45, 2.75) is 174 Å². The van der Waals surface area contributed by atoms with E-state index in [0.29, 0.717) is 25.7 Å². The topological polar surface area (TPSA) is 331 Å². The van der Waals surface area contributed by atoms with Crippen molar-refractivity contribution in [1.29, 1.82) is 0 Å². The summed E-state index contributed by atoms with van der Waals surface area (Å²) < 4.78 is 40.1. The number of aliphatic hydroxyl groups excluding tert-OH is 13. The maximum absolute atomic E-state index is 11.1. The molecule has 2 saturated carbocycles. The van der Waals surface area contributed by atoms with Crippen LogP contribution in [0.15, 0.2) is 0 Å². The fourth-order valence-electron chi connectivity index (χ4n) is 8.69. The van der Waals surface area contributed by atoms with Gasteiger partial charge >= 0.3 is 0 Å². The Labute approximate surface area is 305 Å². The highest BCUT2D eigenvalue weighted by molar-refractivity contribution is 4.99. The Morgan fingerprint density at radius 3 is 1.55 bits per heavy atom. The molecule has 0 amide bonds. The van der Waals surface area contributed by atoms with Gasteiger partial charge in [0.15, 0.2) is 31.1 Å². The Balaban J connectivity index is 1.19. The van der Waals surface area contributed by atoms with Crippen LogP contribution in [0.1, 0.15) is 44.9 Å². The van der Waals surface area contributed by atoms with Crippen LogP contribution in [0.3, 0.4) is 0 Å². The van der Waals surface area contributed by atoms with E-state index in [-0.39, 0.29) is 25.2 Å². The molecule has 4 aliphatic heterocycles. The molecule has 308 valence electrons. The fourth-order valence-corrected chi connectivity index (χ4v) is 8.69. The molecule has 20 heteroatoms. The van der Waals surface area contributed by atoms with Gasteiger partial charge in [-0.2, -0.15) is 0 Å². The average Bonchev–Trinajstić information content (AvgIpc) is 3.14. The summed E-state index contributed by atoms with van der Waals surface area (Å²) >= 11 is 0. The minimum Gasteiger partial charge on any atom is -0.427 e. The smallest absolute Gasteiger partial charge is 0.187 e. The van der Waals surface area contributed by atoms with Gasteiger partial charge < -0.3 is 99.5 Å². The van der Waals surface area contributed by atoms with E-state index >= 15 is 0 Å². The second-order valence-electron chi connectivity index (χ2n) is 15.4. The summed E-state index contributed by atoms with van der Waals surface area (Å²) in [4.78, 5) is 0. The van der Waals surface area contributed by atoms with Gasteiger partial charge in [0.05, 0.1) is 44.1 Å². The van der Waals surface area contributed by atoms with Crippen molar-refractivity contribution in [3.05, 3.63) is 0 Å². The molecule has 21 atom stereocenters. The first kappa shape index (κ1) is 41.8. The Morgan fingerprint density at radius 1 is 0.491 bits per heavy atom. The maximum Gasteiger partial charge on any atom is 0.187 e. The number of fused-ring (bicyclic) bond motifs is 1. The van der Waals surface area contributed by atoms with E-state index in [9.17, 15) is 66.4 Å². The predicted octanol–water partition coefficient (Wildman–Crippen LogP) is -6.83. The van der Waals surface area contributed by atoms with Crippen LogP contribution >= 0.6 is 0 Å². The average molecular weight is 774 g/mol. The highest BCUT2D eigenvalue weighted by Crippen LogP contribution is 2.44. The Hall–Kier alpha value is -0.800. The zero-order chi connectivity index (χ0) is 38.3. The van der Waals surface area contributed by atoms with Crippen LogP contribution in [0.25, 0.3) is 0 Å². The minimum atomic E-state index is -1.79. The summed E-state index contributed by atoms with van der Waals surface area (Å²) in [6.45, 7) is -1.91. The van der Waals surface area contributed by atoms with E-state index in [2.05, 4.69) is 0 Å². The first-order chi connectivity index (χ1) is 25.2. The Kier molecular flexibility index (Phi) is 14.0. The van der Waals surface area contributed by atoms with Crippen molar-refractivity contribution in [3.8, 4) is 0 Å². The fraction of sp³-hybridized carbons (Fsp3) is 1.00. The summed E-state index contributed by atoms with van der Waals surface area (Å²) in [5, 5.41) is 135. The van der Waals surface area contributed by atoms with Gasteiger partial charge in [0.1, 0.15) is 79.4 Å². The van der Waals surface area contributed by atoms with Gasteiger partial charge in [0, 0.05) is 18.8 Å². The number of ether oxygens (including phenoxy) is 7.